The summed E-state index contributed by atoms with van der Waals surface area (Å²) in [7, 11) is -3.85. The van der Waals surface area contributed by atoms with Gasteiger partial charge in [0.1, 0.15) is 6.04 Å². The number of hydrogen-bond acceptors (Lipinski definition) is 5. The van der Waals surface area contributed by atoms with Crippen LogP contribution in [-0.2, 0) is 24.3 Å². The Morgan fingerprint density at radius 1 is 1.26 bits per heavy atom. The first-order valence-electron chi connectivity index (χ1n) is 8.86. The molecule has 0 aliphatic carbocycles. The molecule has 0 radical (unpaired) electrons. The summed E-state index contributed by atoms with van der Waals surface area (Å²) in [6, 6.07) is 4.79. The number of sulfonamides is 1. The normalized spacial score (nSPS) is 19.1. The number of esters is 1. The van der Waals surface area contributed by atoms with Crippen LogP contribution in [0.1, 0.15) is 33.6 Å². The van der Waals surface area contributed by atoms with Gasteiger partial charge >= 0.3 is 5.97 Å². The van der Waals surface area contributed by atoms with Crippen molar-refractivity contribution in [2.75, 3.05) is 13.2 Å². The van der Waals surface area contributed by atoms with Gasteiger partial charge in [0.25, 0.3) is 5.91 Å². The third-order valence-corrected chi connectivity index (χ3v) is 6.80. The van der Waals surface area contributed by atoms with Crippen molar-refractivity contribution in [2.45, 2.75) is 50.6 Å². The predicted molar refractivity (Wildman–Crippen MR) is 102 cm³/mol. The van der Waals surface area contributed by atoms with Gasteiger partial charge in [0, 0.05) is 17.6 Å². The van der Waals surface area contributed by atoms with Crippen molar-refractivity contribution < 1.29 is 22.7 Å². The van der Waals surface area contributed by atoms with Gasteiger partial charge in [-0.05, 0) is 49.9 Å². The highest BCUT2D eigenvalue weighted by molar-refractivity contribution is 7.89. The molecule has 1 amide bonds. The molecule has 1 heterocycles. The van der Waals surface area contributed by atoms with Gasteiger partial charge in [-0.15, -0.1) is 0 Å². The van der Waals surface area contributed by atoms with Gasteiger partial charge in [-0.3, -0.25) is 9.59 Å². The molecule has 1 aromatic rings. The van der Waals surface area contributed by atoms with Crippen LogP contribution in [0.3, 0.4) is 0 Å². The number of hydrogen-bond donors (Lipinski definition) is 1. The first-order chi connectivity index (χ1) is 12.6. The number of halogens is 1. The second-order valence-electron chi connectivity index (χ2n) is 6.94. The molecular weight excluding hydrogens is 392 g/mol. The van der Waals surface area contributed by atoms with Crippen LogP contribution >= 0.6 is 11.6 Å². The largest absolute Gasteiger partial charge is 0.454 e. The van der Waals surface area contributed by atoms with Crippen LogP contribution in [0.25, 0.3) is 0 Å². The molecule has 0 unspecified atom stereocenters. The monoisotopic (exact) mass is 416 g/mol. The maximum atomic E-state index is 12.8. The van der Waals surface area contributed by atoms with Gasteiger partial charge in [0.05, 0.1) is 4.90 Å². The van der Waals surface area contributed by atoms with E-state index in [1.54, 1.807) is 0 Å². The molecule has 0 spiro atoms. The van der Waals surface area contributed by atoms with Gasteiger partial charge in [0.15, 0.2) is 6.61 Å². The Morgan fingerprint density at radius 3 is 2.48 bits per heavy atom. The number of rotatable bonds is 7. The summed E-state index contributed by atoms with van der Waals surface area (Å²) in [6.45, 7) is 5.59. The fraction of sp³-hybridized carbons (Fsp3) is 0.556. The van der Waals surface area contributed by atoms with Crippen molar-refractivity contribution in [1.82, 2.24) is 9.62 Å². The molecule has 27 heavy (non-hydrogen) atoms. The molecule has 0 aromatic heterocycles. The Hall–Kier alpha value is -1.64. The molecule has 0 saturated carbocycles. The average Bonchev–Trinajstić information content (AvgIpc) is 3.10. The number of carbonyl (C=O) groups excluding carboxylic acids is 2. The summed E-state index contributed by atoms with van der Waals surface area (Å²) < 4.78 is 31.8. The summed E-state index contributed by atoms with van der Waals surface area (Å²) in [6.07, 6.45) is 0.902. The Balaban J connectivity index is 2.01. The van der Waals surface area contributed by atoms with E-state index in [-0.39, 0.29) is 23.4 Å². The fourth-order valence-electron chi connectivity index (χ4n) is 2.70. The maximum Gasteiger partial charge on any atom is 0.324 e. The van der Waals surface area contributed by atoms with Crippen LogP contribution in [0.2, 0.25) is 5.02 Å². The van der Waals surface area contributed by atoms with Crippen LogP contribution in [0.5, 0.6) is 0 Å². The minimum absolute atomic E-state index is 0.0514. The SMILES string of the molecule is CC(C)[C@H](C)NC(=O)COC(=O)[C@@H]1CCCN1S(=O)(=O)c1ccc(Cl)cc1. The number of amides is 1. The van der Waals surface area contributed by atoms with Gasteiger partial charge in [-0.25, -0.2) is 8.42 Å². The van der Waals surface area contributed by atoms with E-state index < -0.39 is 34.5 Å². The van der Waals surface area contributed by atoms with Crippen molar-refractivity contribution in [2.24, 2.45) is 5.92 Å². The van der Waals surface area contributed by atoms with E-state index in [1.165, 1.54) is 24.3 Å². The number of nitrogens with zero attached hydrogens (tertiary/aromatic N) is 1. The molecule has 1 saturated heterocycles. The number of nitrogens with one attached hydrogen (secondary N) is 1. The lowest BCUT2D eigenvalue weighted by Gasteiger charge is -2.23. The highest BCUT2D eigenvalue weighted by Gasteiger charge is 2.40. The quantitative estimate of drug-likeness (QED) is 0.688. The molecule has 0 bridgehead atoms. The minimum Gasteiger partial charge on any atom is -0.454 e. The van der Waals surface area contributed by atoms with E-state index >= 15 is 0 Å². The Kier molecular flexibility index (Phi) is 7.25. The van der Waals surface area contributed by atoms with Crippen molar-refractivity contribution in [1.29, 1.82) is 0 Å². The molecule has 1 fully saturated rings. The molecule has 1 aliphatic heterocycles. The van der Waals surface area contributed by atoms with Crippen molar-refractivity contribution in [3.63, 3.8) is 0 Å². The van der Waals surface area contributed by atoms with E-state index in [2.05, 4.69) is 5.32 Å². The van der Waals surface area contributed by atoms with Crippen LogP contribution in [-0.4, -0.2) is 49.8 Å². The van der Waals surface area contributed by atoms with E-state index in [9.17, 15) is 18.0 Å². The Bertz CT molecular complexity index is 779. The molecule has 1 N–H and O–H groups in total. The molecule has 1 aliphatic rings. The highest BCUT2D eigenvalue weighted by Crippen LogP contribution is 2.27. The van der Waals surface area contributed by atoms with Crippen LogP contribution in [0.4, 0.5) is 0 Å². The molecular formula is C18H25ClN2O5S. The van der Waals surface area contributed by atoms with Crippen LogP contribution in [0.15, 0.2) is 29.2 Å². The zero-order valence-corrected chi connectivity index (χ0v) is 17.2. The smallest absolute Gasteiger partial charge is 0.324 e. The molecule has 2 atom stereocenters. The number of carbonyl (C=O) groups is 2. The molecule has 150 valence electrons. The summed E-state index contributed by atoms with van der Waals surface area (Å²) in [4.78, 5) is 24.3. The van der Waals surface area contributed by atoms with Crippen molar-refractivity contribution in [3.05, 3.63) is 29.3 Å². The zero-order chi connectivity index (χ0) is 20.2. The highest BCUT2D eigenvalue weighted by atomic mass is 35.5. The molecule has 9 heteroatoms. The lowest BCUT2D eigenvalue weighted by Crippen LogP contribution is -2.43. The number of ether oxygens (including phenoxy) is 1. The number of benzene rings is 1. The third-order valence-electron chi connectivity index (χ3n) is 4.63. The fourth-order valence-corrected chi connectivity index (χ4v) is 4.47. The standard InChI is InChI=1S/C18H25ClN2O5S/c1-12(2)13(3)20-17(22)11-26-18(23)16-5-4-10-21(16)27(24,25)15-8-6-14(19)7-9-15/h6-9,12-13,16H,4-5,10-11H2,1-3H3,(H,20,22)/t13-,16-/m0/s1. The summed E-state index contributed by atoms with van der Waals surface area (Å²) in [5.74, 6) is -0.869. The van der Waals surface area contributed by atoms with E-state index in [1.807, 2.05) is 20.8 Å². The summed E-state index contributed by atoms with van der Waals surface area (Å²) in [5.41, 5.74) is 0. The summed E-state index contributed by atoms with van der Waals surface area (Å²) in [5, 5.41) is 3.16. The van der Waals surface area contributed by atoms with Crippen molar-refractivity contribution >= 4 is 33.5 Å². The van der Waals surface area contributed by atoms with Gasteiger partial charge in [-0.2, -0.15) is 4.31 Å². The van der Waals surface area contributed by atoms with Crippen LogP contribution in [0, 0.1) is 5.92 Å². The zero-order valence-electron chi connectivity index (χ0n) is 15.6. The molecule has 7 nitrogen and oxygen atoms in total. The molecule has 2 rings (SSSR count). The topological polar surface area (TPSA) is 92.8 Å². The summed E-state index contributed by atoms with van der Waals surface area (Å²) >= 11 is 5.81. The lowest BCUT2D eigenvalue weighted by atomic mass is 10.1. The van der Waals surface area contributed by atoms with Gasteiger partial charge in [-0.1, -0.05) is 25.4 Å². The van der Waals surface area contributed by atoms with Gasteiger partial charge in [0.2, 0.25) is 10.0 Å². The average molecular weight is 417 g/mol. The van der Waals surface area contributed by atoms with E-state index in [0.717, 1.165) is 4.31 Å². The van der Waals surface area contributed by atoms with Crippen molar-refractivity contribution in [3.8, 4) is 0 Å². The predicted octanol–water partition coefficient (Wildman–Crippen LogP) is 2.20. The third kappa shape index (κ3) is 5.43. The Labute approximate surface area is 165 Å². The van der Waals surface area contributed by atoms with Crippen LogP contribution < -0.4 is 5.32 Å². The molecule has 1 aromatic carbocycles. The first kappa shape index (κ1) is 21.7. The second-order valence-corrected chi connectivity index (χ2v) is 9.26. The van der Waals surface area contributed by atoms with Gasteiger partial charge < -0.3 is 10.1 Å². The minimum atomic E-state index is -3.85. The lowest BCUT2D eigenvalue weighted by molar-refractivity contribution is -0.151. The first-order valence-corrected chi connectivity index (χ1v) is 10.7. The second kappa shape index (κ2) is 9.03. The Morgan fingerprint density at radius 2 is 1.89 bits per heavy atom. The maximum absolute atomic E-state index is 12.8. The van der Waals surface area contributed by atoms with E-state index in [4.69, 9.17) is 16.3 Å². The van der Waals surface area contributed by atoms with E-state index in [0.29, 0.717) is 17.9 Å².